The lowest BCUT2D eigenvalue weighted by molar-refractivity contribution is 0.562. The van der Waals surface area contributed by atoms with Crippen LogP contribution in [0.1, 0.15) is 24.1 Å². The molecule has 0 saturated carbocycles. The van der Waals surface area contributed by atoms with Gasteiger partial charge in [-0.3, -0.25) is 4.98 Å². The van der Waals surface area contributed by atoms with E-state index in [-0.39, 0.29) is 11.1 Å². The van der Waals surface area contributed by atoms with Gasteiger partial charge in [0.25, 0.3) is 10.0 Å². The summed E-state index contributed by atoms with van der Waals surface area (Å²) in [5, 5.41) is 3.00. The maximum absolute atomic E-state index is 12.3. The van der Waals surface area contributed by atoms with Crippen LogP contribution in [0.4, 0.5) is 0 Å². The van der Waals surface area contributed by atoms with Gasteiger partial charge in [0.05, 0.1) is 0 Å². The van der Waals surface area contributed by atoms with Crippen LogP contribution in [0.25, 0.3) is 0 Å². The van der Waals surface area contributed by atoms with E-state index in [2.05, 4.69) is 20.0 Å². The van der Waals surface area contributed by atoms with E-state index in [4.69, 9.17) is 0 Å². The Balaban J connectivity index is 2.14. The third-order valence-corrected chi connectivity index (χ3v) is 4.43. The molecule has 1 atom stereocenters. The molecule has 0 aliphatic carbocycles. The molecule has 2 N–H and O–H groups in total. The molecule has 0 aliphatic rings. The standard InChI is InChI=1S/C14H18N4O2S/c1-11(13-4-3-7-16-10-13)18-21(19,20)14-6-5-12(8-15-2)9-17-14/h3-7,9-11,15,18H,8H2,1-2H3. The highest BCUT2D eigenvalue weighted by molar-refractivity contribution is 7.89. The Labute approximate surface area is 124 Å². The molecule has 2 heterocycles. The molecule has 0 saturated heterocycles. The fraction of sp³-hybridized carbons (Fsp3) is 0.286. The van der Waals surface area contributed by atoms with E-state index in [0.717, 1.165) is 11.1 Å². The van der Waals surface area contributed by atoms with E-state index in [9.17, 15) is 8.42 Å². The molecule has 2 rings (SSSR count). The van der Waals surface area contributed by atoms with E-state index in [0.29, 0.717) is 6.54 Å². The molecule has 6 nitrogen and oxygen atoms in total. The van der Waals surface area contributed by atoms with Gasteiger partial charge in [0.2, 0.25) is 0 Å². The summed E-state index contributed by atoms with van der Waals surface area (Å²) in [5.74, 6) is 0. The zero-order chi connectivity index (χ0) is 15.3. The molecule has 21 heavy (non-hydrogen) atoms. The number of hydrogen-bond donors (Lipinski definition) is 2. The Morgan fingerprint density at radius 2 is 2.05 bits per heavy atom. The van der Waals surface area contributed by atoms with Crippen molar-refractivity contribution in [2.45, 2.75) is 24.5 Å². The summed E-state index contributed by atoms with van der Waals surface area (Å²) in [5.41, 5.74) is 1.73. The summed E-state index contributed by atoms with van der Waals surface area (Å²) in [4.78, 5) is 7.99. The molecule has 2 aromatic rings. The first-order valence-corrected chi connectivity index (χ1v) is 8.03. The van der Waals surface area contributed by atoms with Crippen molar-refractivity contribution in [3.05, 3.63) is 54.0 Å². The van der Waals surface area contributed by atoms with Gasteiger partial charge in [-0.25, -0.2) is 18.1 Å². The van der Waals surface area contributed by atoms with Crippen LogP contribution in [0.3, 0.4) is 0 Å². The van der Waals surface area contributed by atoms with Crippen molar-refractivity contribution in [2.75, 3.05) is 7.05 Å². The number of rotatable bonds is 6. The van der Waals surface area contributed by atoms with Gasteiger partial charge >= 0.3 is 0 Å². The molecule has 0 radical (unpaired) electrons. The van der Waals surface area contributed by atoms with Crippen molar-refractivity contribution in [1.82, 2.24) is 20.0 Å². The minimum atomic E-state index is -3.65. The number of aromatic nitrogens is 2. The van der Waals surface area contributed by atoms with Crippen LogP contribution in [0.15, 0.2) is 47.9 Å². The summed E-state index contributed by atoms with van der Waals surface area (Å²) in [7, 11) is -1.83. The predicted molar refractivity (Wildman–Crippen MR) is 80.0 cm³/mol. The average molecular weight is 306 g/mol. The van der Waals surface area contributed by atoms with Gasteiger partial charge in [0, 0.05) is 31.2 Å². The van der Waals surface area contributed by atoms with Gasteiger partial charge in [0.15, 0.2) is 5.03 Å². The molecule has 0 aliphatic heterocycles. The lowest BCUT2D eigenvalue weighted by Crippen LogP contribution is -2.27. The molecule has 0 bridgehead atoms. The number of nitrogens with one attached hydrogen (secondary N) is 2. The van der Waals surface area contributed by atoms with Crippen LogP contribution >= 0.6 is 0 Å². The van der Waals surface area contributed by atoms with Gasteiger partial charge in [-0.2, -0.15) is 0 Å². The topological polar surface area (TPSA) is 84.0 Å². The third-order valence-electron chi connectivity index (χ3n) is 2.97. The summed E-state index contributed by atoms with van der Waals surface area (Å²) in [6.45, 7) is 2.41. The first kappa shape index (κ1) is 15.6. The van der Waals surface area contributed by atoms with E-state index < -0.39 is 10.0 Å². The molecule has 0 fully saturated rings. The van der Waals surface area contributed by atoms with Crippen LogP contribution in [-0.4, -0.2) is 25.4 Å². The molecular formula is C14H18N4O2S. The van der Waals surface area contributed by atoms with Crippen LogP contribution < -0.4 is 10.0 Å². The summed E-state index contributed by atoms with van der Waals surface area (Å²) >= 11 is 0. The normalized spacial score (nSPS) is 13.0. The zero-order valence-corrected chi connectivity index (χ0v) is 12.8. The second-order valence-corrected chi connectivity index (χ2v) is 6.33. The van der Waals surface area contributed by atoms with Gasteiger partial charge < -0.3 is 5.32 Å². The van der Waals surface area contributed by atoms with Crippen molar-refractivity contribution in [3.8, 4) is 0 Å². The van der Waals surface area contributed by atoms with Crippen molar-refractivity contribution >= 4 is 10.0 Å². The monoisotopic (exact) mass is 306 g/mol. The van der Waals surface area contributed by atoms with Crippen LogP contribution in [-0.2, 0) is 16.6 Å². The molecule has 2 aromatic heterocycles. The molecule has 112 valence electrons. The number of sulfonamides is 1. The summed E-state index contributed by atoms with van der Waals surface area (Å²) in [6.07, 6.45) is 4.84. The zero-order valence-electron chi connectivity index (χ0n) is 11.9. The summed E-state index contributed by atoms with van der Waals surface area (Å²) < 4.78 is 27.1. The largest absolute Gasteiger partial charge is 0.316 e. The highest BCUT2D eigenvalue weighted by atomic mass is 32.2. The molecule has 0 amide bonds. The van der Waals surface area contributed by atoms with Crippen LogP contribution in [0, 0.1) is 0 Å². The fourth-order valence-corrected chi connectivity index (χ4v) is 3.03. The minimum absolute atomic E-state index is 0.0121. The Bertz CT molecular complexity index is 672. The number of pyridine rings is 2. The predicted octanol–water partition coefficient (Wildman–Crippen LogP) is 1.24. The minimum Gasteiger partial charge on any atom is -0.316 e. The Morgan fingerprint density at radius 1 is 1.24 bits per heavy atom. The van der Waals surface area contributed by atoms with E-state index in [1.807, 2.05) is 13.1 Å². The molecule has 7 heteroatoms. The Hall–Kier alpha value is -1.83. The smallest absolute Gasteiger partial charge is 0.258 e. The Kier molecular flexibility index (Phi) is 5.00. The molecular weight excluding hydrogens is 288 g/mol. The van der Waals surface area contributed by atoms with Gasteiger partial charge in [-0.15, -0.1) is 0 Å². The maximum Gasteiger partial charge on any atom is 0.258 e. The van der Waals surface area contributed by atoms with Crippen LogP contribution in [0.5, 0.6) is 0 Å². The molecule has 0 spiro atoms. The highest BCUT2D eigenvalue weighted by Gasteiger charge is 2.19. The van der Waals surface area contributed by atoms with Crippen LogP contribution in [0.2, 0.25) is 0 Å². The maximum atomic E-state index is 12.3. The third kappa shape index (κ3) is 4.07. The van der Waals surface area contributed by atoms with Crippen molar-refractivity contribution in [1.29, 1.82) is 0 Å². The van der Waals surface area contributed by atoms with E-state index in [1.54, 1.807) is 37.6 Å². The number of hydrogen-bond acceptors (Lipinski definition) is 5. The lowest BCUT2D eigenvalue weighted by atomic mass is 10.2. The fourth-order valence-electron chi connectivity index (χ4n) is 1.87. The first-order chi connectivity index (χ1) is 10.0. The number of nitrogens with zero attached hydrogens (tertiary/aromatic N) is 2. The van der Waals surface area contributed by atoms with Gasteiger partial charge in [0.1, 0.15) is 0 Å². The highest BCUT2D eigenvalue weighted by Crippen LogP contribution is 2.15. The Morgan fingerprint density at radius 3 is 2.62 bits per heavy atom. The van der Waals surface area contributed by atoms with Gasteiger partial charge in [-0.1, -0.05) is 12.1 Å². The molecule has 1 unspecified atom stereocenters. The second kappa shape index (κ2) is 6.75. The lowest BCUT2D eigenvalue weighted by Gasteiger charge is -2.13. The van der Waals surface area contributed by atoms with Crippen molar-refractivity contribution in [3.63, 3.8) is 0 Å². The van der Waals surface area contributed by atoms with Gasteiger partial charge in [-0.05, 0) is 37.2 Å². The second-order valence-electron chi connectivity index (χ2n) is 4.66. The molecule has 0 aromatic carbocycles. The van der Waals surface area contributed by atoms with E-state index >= 15 is 0 Å². The summed E-state index contributed by atoms with van der Waals surface area (Å²) in [6, 6.07) is 6.47. The first-order valence-electron chi connectivity index (χ1n) is 6.54. The quantitative estimate of drug-likeness (QED) is 0.839. The van der Waals surface area contributed by atoms with Crippen molar-refractivity contribution in [2.24, 2.45) is 0 Å². The average Bonchev–Trinajstić information content (AvgIpc) is 2.48. The van der Waals surface area contributed by atoms with Crippen molar-refractivity contribution < 1.29 is 8.42 Å². The van der Waals surface area contributed by atoms with E-state index in [1.165, 1.54) is 6.07 Å². The SMILES string of the molecule is CNCc1ccc(S(=O)(=O)NC(C)c2cccnc2)nc1.